The van der Waals surface area contributed by atoms with Crippen molar-refractivity contribution in [3.8, 4) is 5.75 Å². The van der Waals surface area contributed by atoms with Crippen molar-refractivity contribution < 1.29 is 9.53 Å². The number of nitrogens with one attached hydrogen (secondary N) is 1. The van der Waals surface area contributed by atoms with E-state index < -0.39 is 0 Å². The summed E-state index contributed by atoms with van der Waals surface area (Å²) in [4.78, 5) is 16.9. The predicted octanol–water partition coefficient (Wildman–Crippen LogP) is 3.07. The Bertz CT molecular complexity index is 866. The number of hydrogen-bond donors (Lipinski definition) is 1. The van der Waals surface area contributed by atoms with Gasteiger partial charge in [-0.3, -0.25) is 9.20 Å². The van der Waals surface area contributed by atoms with Crippen LogP contribution >= 0.6 is 0 Å². The lowest BCUT2D eigenvalue weighted by Crippen LogP contribution is -2.29. The smallest absolute Gasteiger partial charge is 0.270 e. The zero-order valence-electron chi connectivity index (χ0n) is 14.2. The molecule has 0 aliphatic rings. The van der Waals surface area contributed by atoms with Gasteiger partial charge in [-0.05, 0) is 44.5 Å². The van der Waals surface area contributed by atoms with Gasteiger partial charge in [0.15, 0.2) is 0 Å². The minimum Gasteiger partial charge on any atom is -0.492 e. The van der Waals surface area contributed by atoms with Crippen LogP contribution in [-0.2, 0) is 0 Å². The van der Waals surface area contributed by atoms with Gasteiger partial charge in [0, 0.05) is 6.20 Å². The van der Waals surface area contributed by atoms with E-state index >= 15 is 0 Å². The summed E-state index contributed by atoms with van der Waals surface area (Å²) in [5.74, 6) is 0.662. The van der Waals surface area contributed by atoms with Gasteiger partial charge in [-0.15, -0.1) is 0 Å². The van der Waals surface area contributed by atoms with Crippen LogP contribution < -0.4 is 10.1 Å². The Hall–Kier alpha value is -2.82. The SMILES string of the molecule is Cc1ccc(OCCNC(=O)c2c(C)nc3ccc(C)cn23)cc1. The van der Waals surface area contributed by atoms with Crippen molar-refractivity contribution in [2.75, 3.05) is 13.2 Å². The summed E-state index contributed by atoms with van der Waals surface area (Å²) in [6.07, 6.45) is 1.92. The van der Waals surface area contributed by atoms with Crippen molar-refractivity contribution >= 4 is 11.6 Å². The first-order valence-electron chi connectivity index (χ1n) is 7.97. The summed E-state index contributed by atoms with van der Waals surface area (Å²) in [5.41, 5.74) is 4.34. The zero-order chi connectivity index (χ0) is 17.1. The predicted molar refractivity (Wildman–Crippen MR) is 93.7 cm³/mol. The van der Waals surface area contributed by atoms with Gasteiger partial charge < -0.3 is 10.1 Å². The van der Waals surface area contributed by atoms with Crippen LogP contribution in [0.2, 0.25) is 0 Å². The van der Waals surface area contributed by atoms with E-state index in [1.165, 1.54) is 5.56 Å². The first-order chi connectivity index (χ1) is 11.5. The van der Waals surface area contributed by atoms with E-state index in [4.69, 9.17) is 4.74 Å². The van der Waals surface area contributed by atoms with E-state index in [0.717, 1.165) is 22.7 Å². The molecule has 0 saturated carbocycles. The number of amides is 1. The average molecular weight is 323 g/mol. The highest BCUT2D eigenvalue weighted by Gasteiger charge is 2.16. The highest BCUT2D eigenvalue weighted by molar-refractivity contribution is 5.94. The standard InChI is InChI=1S/C19H21N3O2/c1-13-4-7-16(8-5-13)24-11-10-20-19(23)18-15(3)21-17-9-6-14(2)12-22(17)18/h4-9,12H,10-11H2,1-3H3,(H,20,23). The molecule has 3 rings (SSSR count). The van der Waals surface area contributed by atoms with E-state index in [0.29, 0.717) is 18.8 Å². The molecule has 1 amide bonds. The number of imidazole rings is 1. The Morgan fingerprint density at radius 3 is 2.54 bits per heavy atom. The third-order valence-electron chi connectivity index (χ3n) is 3.83. The lowest BCUT2D eigenvalue weighted by atomic mass is 10.2. The maximum atomic E-state index is 12.5. The van der Waals surface area contributed by atoms with E-state index in [1.807, 2.05) is 67.8 Å². The Kier molecular flexibility index (Phi) is 4.51. The fraction of sp³-hybridized carbons (Fsp3) is 0.263. The molecule has 1 aromatic carbocycles. The number of nitrogens with zero attached hydrogens (tertiary/aromatic N) is 2. The number of fused-ring (bicyclic) bond motifs is 1. The number of hydrogen-bond acceptors (Lipinski definition) is 3. The second-order valence-electron chi connectivity index (χ2n) is 5.90. The van der Waals surface area contributed by atoms with Crippen LogP contribution in [0.4, 0.5) is 0 Å². The molecule has 0 saturated heterocycles. The molecule has 0 unspecified atom stereocenters. The van der Waals surface area contributed by atoms with Gasteiger partial charge in [-0.25, -0.2) is 4.98 Å². The third-order valence-corrected chi connectivity index (χ3v) is 3.83. The van der Waals surface area contributed by atoms with Crippen molar-refractivity contribution in [3.05, 3.63) is 65.1 Å². The molecule has 0 bridgehead atoms. The van der Waals surface area contributed by atoms with Gasteiger partial charge in [0.2, 0.25) is 0 Å². The zero-order valence-corrected chi connectivity index (χ0v) is 14.2. The number of carbonyl (C=O) groups excluding carboxylic acids is 1. The number of aryl methyl sites for hydroxylation is 3. The van der Waals surface area contributed by atoms with Crippen molar-refractivity contribution in [1.82, 2.24) is 14.7 Å². The molecule has 0 atom stereocenters. The summed E-state index contributed by atoms with van der Waals surface area (Å²) in [7, 11) is 0. The molecule has 124 valence electrons. The van der Waals surface area contributed by atoms with Gasteiger partial charge in [0.05, 0.1) is 12.2 Å². The molecule has 3 aromatic rings. The largest absolute Gasteiger partial charge is 0.492 e. The molecule has 5 heteroatoms. The van der Waals surface area contributed by atoms with Crippen LogP contribution in [0.1, 0.15) is 27.3 Å². The number of rotatable bonds is 5. The minimum atomic E-state index is -0.141. The van der Waals surface area contributed by atoms with Crippen molar-refractivity contribution in [2.24, 2.45) is 0 Å². The van der Waals surface area contributed by atoms with Gasteiger partial charge in [-0.2, -0.15) is 0 Å². The maximum absolute atomic E-state index is 12.5. The van der Waals surface area contributed by atoms with Crippen molar-refractivity contribution in [2.45, 2.75) is 20.8 Å². The second kappa shape index (κ2) is 6.74. The molecule has 5 nitrogen and oxygen atoms in total. The Balaban J connectivity index is 1.62. The fourth-order valence-electron chi connectivity index (χ4n) is 2.59. The van der Waals surface area contributed by atoms with Crippen LogP contribution in [0.3, 0.4) is 0 Å². The van der Waals surface area contributed by atoms with Gasteiger partial charge in [-0.1, -0.05) is 23.8 Å². The first-order valence-corrected chi connectivity index (χ1v) is 7.97. The molecule has 1 N–H and O–H groups in total. The van der Waals surface area contributed by atoms with Crippen LogP contribution in [-0.4, -0.2) is 28.4 Å². The summed E-state index contributed by atoms with van der Waals surface area (Å²) in [5, 5.41) is 2.89. The number of aromatic nitrogens is 2. The fourth-order valence-corrected chi connectivity index (χ4v) is 2.59. The number of pyridine rings is 1. The highest BCUT2D eigenvalue weighted by atomic mass is 16.5. The summed E-state index contributed by atoms with van der Waals surface area (Å²) >= 11 is 0. The summed E-state index contributed by atoms with van der Waals surface area (Å²) in [6.45, 7) is 6.73. The summed E-state index contributed by atoms with van der Waals surface area (Å²) in [6, 6.07) is 11.7. The molecule has 0 radical (unpaired) electrons. The molecule has 0 aliphatic heterocycles. The highest BCUT2D eigenvalue weighted by Crippen LogP contribution is 2.13. The van der Waals surface area contributed by atoms with Gasteiger partial charge in [0.1, 0.15) is 23.7 Å². The summed E-state index contributed by atoms with van der Waals surface area (Å²) < 4.78 is 7.46. The first kappa shape index (κ1) is 16.1. The Morgan fingerprint density at radius 2 is 1.79 bits per heavy atom. The number of ether oxygens (including phenoxy) is 1. The van der Waals surface area contributed by atoms with Crippen LogP contribution in [0.25, 0.3) is 5.65 Å². The van der Waals surface area contributed by atoms with Crippen LogP contribution in [0.15, 0.2) is 42.6 Å². The van der Waals surface area contributed by atoms with Crippen molar-refractivity contribution in [1.29, 1.82) is 0 Å². The molecule has 24 heavy (non-hydrogen) atoms. The Morgan fingerprint density at radius 1 is 1.08 bits per heavy atom. The topological polar surface area (TPSA) is 55.6 Å². The van der Waals surface area contributed by atoms with E-state index in [1.54, 1.807) is 0 Å². The molecule has 0 spiro atoms. The molecular formula is C19H21N3O2. The molecule has 0 aliphatic carbocycles. The molecule has 2 aromatic heterocycles. The van der Waals surface area contributed by atoms with Gasteiger partial charge >= 0.3 is 0 Å². The second-order valence-corrected chi connectivity index (χ2v) is 5.90. The Labute approximate surface area is 141 Å². The maximum Gasteiger partial charge on any atom is 0.270 e. The minimum absolute atomic E-state index is 0.141. The van der Waals surface area contributed by atoms with Gasteiger partial charge in [0.25, 0.3) is 5.91 Å². The molecular weight excluding hydrogens is 302 g/mol. The van der Waals surface area contributed by atoms with E-state index in [2.05, 4.69) is 10.3 Å². The number of carbonyl (C=O) groups is 1. The quantitative estimate of drug-likeness (QED) is 0.734. The van der Waals surface area contributed by atoms with E-state index in [9.17, 15) is 4.79 Å². The molecule has 0 fully saturated rings. The van der Waals surface area contributed by atoms with Crippen LogP contribution in [0.5, 0.6) is 5.75 Å². The average Bonchev–Trinajstić information content (AvgIpc) is 2.88. The van der Waals surface area contributed by atoms with Crippen LogP contribution in [0, 0.1) is 20.8 Å². The normalized spacial score (nSPS) is 10.8. The number of benzene rings is 1. The monoisotopic (exact) mass is 323 g/mol. The lowest BCUT2D eigenvalue weighted by Gasteiger charge is -2.08. The lowest BCUT2D eigenvalue weighted by molar-refractivity contribution is 0.0940. The van der Waals surface area contributed by atoms with Crippen molar-refractivity contribution in [3.63, 3.8) is 0 Å². The third kappa shape index (κ3) is 3.40. The molecule has 2 heterocycles. The van der Waals surface area contributed by atoms with E-state index in [-0.39, 0.29) is 5.91 Å².